The second-order valence-electron chi connectivity index (χ2n) is 5.60. The minimum absolute atomic E-state index is 0.0701. The van der Waals surface area contributed by atoms with Crippen LogP contribution in [0.3, 0.4) is 0 Å². The Kier molecular flexibility index (Phi) is 4.99. The molecule has 1 amide bonds. The highest BCUT2D eigenvalue weighted by Crippen LogP contribution is 2.26. The molecular formula is C19H18N4O2. The Hall–Kier alpha value is -3.28. The molecule has 2 heterocycles. The van der Waals surface area contributed by atoms with Gasteiger partial charge in [0.25, 0.3) is 0 Å². The summed E-state index contributed by atoms with van der Waals surface area (Å²) < 4.78 is 1.29. The van der Waals surface area contributed by atoms with Crippen LogP contribution < -0.4 is 5.69 Å². The molecule has 0 saturated heterocycles. The maximum atomic E-state index is 12.8. The quantitative estimate of drug-likeness (QED) is 0.714. The zero-order valence-corrected chi connectivity index (χ0v) is 13.8. The van der Waals surface area contributed by atoms with Crippen molar-refractivity contribution in [2.45, 2.75) is 12.6 Å². The van der Waals surface area contributed by atoms with Crippen molar-refractivity contribution >= 4 is 5.91 Å². The molecule has 0 aliphatic carbocycles. The van der Waals surface area contributed by atoms with Crippen molar-refractivity contribution in [2.75, 3.05) is 7.05 Å². The molecule has 126 valence electrons. The lowest BCUT2D eigenvalue weighted by atomic mass is 10.0. The highest BCUT2D eigenvalue weighted by atomic mass is 16.2. The molecule has 6 nitrogen and oxygen atoms in total. The Labute approximate surface area is 145 Å². The molecule has 0 radical (unpaired) electrons. The van der Waals surface area contributed by atoms with Crippen LogP contribution in [0.4, 0.5) is 0 Å². The molecule has 0 N–H and O–H groups in total. The molecule has 0 aliphatic heterocycles. The summed E-state index contributed by atoms with van der Waals surface area (Å²) in [5, 5.41) is 0. The van der Waals surface area contributed by atoms with Gasteiger partial charge in [-0.15, -0.1) is 0 Å². The third kappa shape index (κ3) is 3.80. The lowest BCUT2D eigenvalue weighted by Gasteiger charge is -2.28. The molecule has 3 aromatic rings. The maximum Gasteiger partial charge on any atom is 0.347 e. The van der Waals surface area contributed by atoms with E-state index in [4.69, 9.17) is 0 Å². The fourth-order valence-electron chi connectivity index (χ4n) is 2.67. The average molecular weight is 334 g/mol. The Morgan fingerprint density at radius 3 is 2.44 bits per heavy atom. The van der Waals surface area contributed by atoms with E-state index in [0.29, 0.717) is 0 Å². The molecule has 1 atom stereocenters. The van der Waals surface area contributed by atoms with Gasteiger partial charge in [-0.25, -0.2) is 9.78 Å². The van der Waals surface area contributed by atoms with Gasteiger partial charge in [0, 0.05) is 25.6 Å². The van der Waals surface area contributed by atoms with Gasteiger partial charge in [0.15, 0.2) is 0 Å². The Bertz CT molecular complexity index is 854. The smallest absolute Gasteiger partial charge is 0.331 e. The minimum Gasteiger partial charge on any atom is -0.331 e. The Balaban J connectivity index is 1.92. The third-order valence-electron chi connectivity index (χ3n) is 3.95. The first kappa shape index (κ1) is 16.6. The molecule has 0 fully saturated rings. The van der Waals surface area contributed by atoms with E-state index in [1.54, 1.807) is 30.4 Å². The van der Waals surface area contributed by atoms with E-state index in [2.05, 4.69) is 9.97 Å². The predicted molar refractivity (Wildman–Crippen MR) is 93.8 cm³/mol. The summed E-state index contributed by atoms with van der Waals surface area (Å²) in [5.74, 6) is -0.199. The van der Waals surface area contributed by atoms with E-state index < -0.39 is 5.69 Å². The number of nitrogens with zero attached hydrogens (tertiary/aromatic N) is 4. The van der Waals surface area contributed by atoms with Crippen molar-refractivity contribution < 1.29 is 4.79 Å². The highest BCUT2D eigenvalue weighted by Gasteiger charge is 2.24. The summed E-state index contributed by atoms with van der Waals surface area (Å²) >= 11 is 0. The predicted octanol–water partition coefficient (Wildman–Crippen LogP) is 1.89. The maximum absolute atomic E-state index is 12.8. The average Bonchev–Trinajstić information content (AvgIpc) is 2.65. The molecule has 0 bridgehead atoms. The first-order valence-corrected chi connectivity index (χ1v) is 7.90. The van der Waals surface area contributed by atoms with Crippen LogP contribution in [0.2, 0.25) is 0 Å². The van der Waals surface area contributed by atoms with E-state index in [-0.39, 0.29) is 18.5 Å². The van der Waals surface area contributed by atoms with Crippen molar-refractivity contribution in [3.05, 3.63) is 94.9 Å². The number of carbonyl (C=O) groups is 1. The monoisotopic (exact) mass is 334 g/mol. The summed E-state index contributed by atoms with van der Waals surface area (Å²) in [5.41, 5.74) is 1.28. The Morgan fingerprint density at radius 2 is 1.76 bits per heavy atom. The second-order valence-corrected chi connectivity index (χ2v) is 5.60. The van der Waals surface area contributed by atoms with Gasteiger partial charge in [0.1, 0.15) is 6.54 Å². The van der Waals surface area contributed by atoms with E-state index in [1.807, 2.05) is 48.5 Å². The number of aromatic nitrogens is 3. The molecule has 3 rings (SSSR count). The van der Waals surface area contributed by atoms with Gasteiger partial charge in [0.2, 0.25) is 5.91 Å². The molecule has 0 spiro atoms. The summed E-state index contributed by atoms with van der Waals surface area (Å²) in [7, 11) is 1.72. The topological polar surface area (TPSA) is 68.1 Å². The fraction of sp³-hybridized carbons (Fsp3) is 0.158. The van der Waals surface area contributed by atoms with Gasteiger partial charge in [0.05, 0.1) is 11.7 Å². The van der Waals surface area contributed by atoms with Gasteiger partial charge in [-0.05, 0) is 23.8 Å². The number of hydrogen-bond acceptors (Lipinski definition) is 4. The molecule has 6 heteroatoms. The third-order valence-corrected chi connectivity index (χ3v) is 3.95. The van der Waals surface area contributed by atoms with E-state index in [9.17, 15) is 9.59 Å². The summed E-state index contributed by atoms with van der Waals surface area (Å²) in [4.78, 5) is 34.2. The Morgan fingerprint density at radius 1 is 1.04 bits per heavy atom. The van der Waals surface area contributed by atoms with Crippen LogP contribution in [-0.2, 0) is 11.3 Å². The zero-order valence-electron chi connectivity index (χ0n) is 13.8. The number of likely N-dealkylation sites (N-methyl/N-ethyl adjacent to an activating group) is 1. The van der Waals surface area contributed by atoms with Gasteiger partial charge < -0.3 is 4.90 Å². The van der Waals surface area contributed by atoms with Crippen LogP contribution in [-0.4, -0.2) is 32.4 Å². The molecule has 0 aliphatic rings. The first-order chi connectivity index (χ1) is 12.2. The van der Waals surface area contributed by atoms with E-state index in [0.717, 1.165) is 11.3 Å². The molecule has 0 unspecified atom stereocenters. The molecule has 0 saturated carbocycles. The zero-order chi connectivity index (χ0) is 17.6. The lowest BCUT2D eigenvalue weighted by molar-refractivity contribution is -0.132. The number of amides is 1. The second kappa shape index (κ2) is 7.53. The molecule has 25 heavy (non-hydrogen) atoms. The normalized spacial score (nSPS) is 11.7. The SMILES string of the molecule is CN(C(=O)Cn1cccnc1=O)[C@H](c1ccccc1)c1ccccn1. The van der Waals surface area contributed by atoms with Crippen LogP contribution in [0.1, 0.15) is 17.3 Å². The van der Waals surface area contributed by atoms with Crippen molar-refractivity contribution in [3.63, 3.8) is 0 Å². The summed E-state index contributed by atoms with van der Waals surface area (Å²) in [6.07, 6.45) is 4.67. The number of pyridine rings is 1. The van der Waals surface area contributed by atoms with Crippen molar-refractivity contribution in [1.29, 1.82) is 0 Å². The summed E-state index contributed by atoms with van der Waals surface area (Å²) in [6, 6.07) is 16.6. The largest absolute Gasteiger partial charge is 0.347 e. The van der Waals surface area contributed by atoms with Crippen molar-refractivity contribution in [2.24, 2.45) is 0 Å². The lowest BCUT2D eigenvalue weighted by Crippen LogP contribution is -2.37. The van der Waals surface area contributed by atoms with Gasteiger partial charge >= 0.3 is 5.69 Å². The highest BCUT2D eigenvalue weighted by molar-refractivity contribution is 5.76. The van der Waals surface area contributed by atoms with Crippen LogP contribution in [0.5, 0.6) is 0 Å². The number of hydrogen-bond donors (Lipinski definition) is 0. The van der Waals surface area contributed by atoms with E-state index >= 15 is 0 Å². The van der Waals surface area contributed by atoms with Gasteiger partial charge in [-0.1, -0.05) is 36.4 Å². The van der Waals surface area contributed by atoms with Crippen LogP contribution in [0.15, 0.2) is 78.0 Å². The van der Waals surface area contributed by atoms with Gasteiger partial charge in [-0.3, -0.25) is 14.3 Å². The number of carbonyl (C=O) groups excluding carboxylic acids is 1. The van der Waals surface area contributed by atoms with Crippen molar-refractivity contribution in [3.8, 4) is 0 Å². The molecule has 2 aromatic heterocycles. The van der Waals surface area contributed by atoms with Gasteiger partial charge in [-0.2, -0.15) is 0 Å². The summed E-state index contributed by atoms with van der Waals surface area (Å²) in [6.45, 7) is -0.0701. The number of rotatable bonds is 5. The fourth-order valence-corrected chi connectivity index (χ4v) is 2.67. The first-order valence-electron chi connectivity index (χ1n) is 7.90. The minimum atomic E-state index is -0.446. The van der Waals surface area contributed by atoms with Crippen LogP contribution in [0.25, 0.3) is 0 Å². The number of benzene rings is 1. The molecular weight excluding hydrogens is 316 g/mol. The van der Waals surface area contributed by atoms with Crippen LogP contribution >= 0.6 is 0 Å². The molecule has 1 aromatic carbocycles. The van der Waals surface area contributed by atoms with Crippen LogP contribution in [0, 0.1) is 0 Å². The van der Waals surface area contributed by atoms with E-state index in [1.165, 1.54) is 10.8 Å². The van der Waals surface area contributed by atoms with Crippen molar-refractivity contribution in [1.82, 2.24) is 19.4 Å². The standard InChI is InChI=1S/C19H18N4O2/c1-22(17(24)14-23-13-7-12-21-19(23)25)18(15-8-3-2-4-9-15)16-10-5-6-11-20-16/h2-13,18H,14H2,1H3/t18-/m1/s1.